The maximum absolute atomic E-state index is 13.7. The molecule has 0 fully saturated rings. The number of sulfonamides is 1. The van der Waals surface area contributed by atoms with Gasteiger partial charge in [-0.15, -0.1) is 0 Å². The number of carboxylic acids is 1. The third-order valence-corrected chi connectivity index (χ3v) is 4.06. The molecule has 0 atom stereocenters. The zero-order valence-electron chi connectivity index (χ0n) is 11.2. The van der Waals surface area contributed by atoms with Gasteiger partial charge in [0.2, 0.25) is 0 Å². The monoisotopic (exact) mass is 313 g/mol. The van der Waals surface area contributed by atoms with Crippen LogP contribution >= 0.6 is 0 Å². The van der Waals surface area contributed by atoms with Crippen LogP contribution in [0.1, 0.15) is 16.2 Å². The van der Waals surface area contributed by atoms with Crippen LogP contribution in [0, 0.1) is 12.7 Å². The number of hydrogen-bond acceptors (Lipinski definition) is 4. The summed E-state index contributed by atoms with van der Waals surface area (Å²) in [5.74, 6) is -1.97. The average molecular weight is 313 g/mol. The largest absolute Gasteiger partial charge is 0.478 e. The second-order valence-electron chi connectivity index (χ2n) is 4.31. The Bertz CT molecular complexity index is 794. The number of aromatic carboxylic acids is 1. The van der Waals surface area contributed by atoms with Crippen LogP contribution in [0.15, 0.2) is 29.4 Å². The second kappa shape index (κ2) is 5.17. The molecule has 1 heterocycles. The molecule has 0 spiro atoms. The van der Waals surface area contributed by atoms with Crippen molar-refractivity contribution >= 4 is 21.7 Å². The first-order chi connectivity index (χ1) is 9.72. The van der Waals surface area contributed by atoms with E-state index >= 15 is 0 Å². The molecule has 9 heteroatoms. The number of anilines is 1. The molecule has 2 rings (SSSR count). The minimum absolute atomic E-state index is 0.318. The van der Waals surface area contributed by atoms with Gasteiger partial charge in [0, 0.05) is 13.2 Å². The summed E-state index contributed by atoms with van der Waals surface area (Å²) >= 11 is 0. The van der Waals surface area contributed by atoms with E-state index in [1.165, 1.54) is 16.8 Å². The van der Waals surface area contributed by atoms with Gasteiger partial charge in [-0.2, -0.15) is 8.42 Å². The average Bonchev–Trinajstić information content (AvgIpc) is 2.72. The minimum Gasteiger partial charge on any atom is -0.478 e. The van der Waals surface area contributed by atoms with Gasteiger partial charge in [0.25, 0.3) is 10.0 Å². The molecule has 7 nitrogen and oxygen atoms in total. The first kappa shape index (κ1) is 15.0. The first-order valence-electron chi connectivity index (χ1n) is 5.77. The van der Waals surface area contributed by atoms with Crippen LogP contribution in [-0.2, 0) is 17.1 Å². The lowest BCUT2D eigenvalue weighted by molar-refractivity contribution is 0.0697. The van der Waals surface area contributed by atoms with Crippen LogP contribution < -0.4 is 4.72 Å². The number of imidazole rings is 1. The topological polar surface area (TPSA) is 101 Å². The zero-order valence-corrected chi connectivity index (χ0v) is 12.0. The maximum atomic E-state index is 13.7. The third-order valence-electron chi connectivity index (χ3n) is 2.84. The van der Waals surface area contributed by atoms with Crippen LogP contribution in [-0.4, -0.2) is 29.0 Å². The number of carboxylic acid groups (broad SMARTS) is 1. The number of carbonyl (C=O) groups is 1. The predicted octanol–water partition coefficient (Wildman–Crippen LogP) is 1.37. The van der Waals surface area contributed by atoms with Gasteiger partial charge >= 0.3 is 5.97 Å². The van der Waals surface area contributed by atoms with E-state index in [1.54, 1.807) is 14.0 Å². The molecule has 21 heavy (non-hydrogen) atoms. The van der Waals surface area contributed by atoms with Crippen LogP contribution in [0.25, 0.3) is 0 Å². The van der Waals surface area contributed by atoms with Crippen molar-refractivity contribution in [1.29, 1.82) is 0 Å². The molecule has 1 aromatic carbocycles. The highest BCUT2D eigenvalue weighted by Gasteiger charge is 2.23. The lowest BCUT2D eigenvalue weighted by Crippen LogP contribution is -2.17. The molecule has 2 N–H and O–H groups in total. The van der Waals surface area contributed by atoms with Gasteiger partial charge in [0.05, 0.1) is 11.3 Å². The standard InChI is InChI=1S/C12H12FN3O4S/c1-7-14-10(6-16(7)2)21(19,20)15-11-8(12(17)18)4-3-5-9(11)13/h3-6,15H,1-2H3,(H,17,18). The van der Waals surface area contributed by atoms with E-state index in [-0.39, 0.29) is 5.03 Å². The summed E-state index contributed by atoms with van der Waals surface area (Å²) in [5, 5.41) is 8.67. The van der Waals surface area contributed by atoms with Crippen LogP contribution in [0.5, 0.6) is 0 Å². The fraction of sp³-hybridized carbons (Fsp3) is 0.167. The van der Waals surface area contributed by atoms with Crippen molar-refractivity contribution in [2.24, 2.45) is 7.05 Å². The van der Waals surface area contributed by atoms with Crippen molar-refractivity contribution < 1.29 is 22.7 Å². The number of aryl methyl sites for hydroxylation is 2. The van der Waals surface area contributed by atoms with E-state index < -0.39 is 33.1 Å². The van der Waals surface area contributed by atoms with Gasteiger partial charge in [-0.3, -0.25) is 4.72 Å². The number of rotatable bonds is 4. The fourth-order valence-electron chi connectivity index (χ4n) is 1.65. The summed E-state index contributed by atoms with van der Waals surface area (Å²) in [6.07, 6.45) is 1.25. The van der Waals surface area contributed by atoms with Gasteiger partial charge in [-0.05, 0) is 19.1 Å². The van der Waals surface area contributed by atoms with E-state index in [2.05, 4.69) is 4.98 Å². The van der Waals surface area contributed by atoms with Crippen LogP contribution in [0.2, 0.25) is 0 Å². The summed E-state index contributed by atoms with van der Waals surface area (Å²) in [5.41, 5.74) is -1.10. The van der Waals surface area contributed by atoms with E-state index in [4.69, 9.17) is 5.11 Å². The smallest absolute Gasteiger partial charge is 0.337 e. The lowest BCUT2D eigenvalue weighted by Gasteiger charge is -2.09. The molecule has 0 unspecified atom stereocenters. The normalized spacial score (nSPS) is 11.4. The summed E-state index contributed by atoms with van der Waals surface area (Å²) in [6.45, 7) is 1.60. The molecule has 0 aliphatic heterocycles. The summed E-state index contributed by atoms with van der Waals surface area (Å²) in [7, 11) is -2.57. The Morgan fingerprint density at radius 1 is 1.43 bits per heavy atom. The van der Waals surface area contributed by atoms with E-state index in [0.29, 0.717) is 5.82 Å². The molecule has 0 aliphatic rings. The second-order valence-corrected chi connectivity index (χ2v) is 5.94. The van der Waals surface area contributed by atoms with Crippen molar-refractivity contribution in [2.45, 2.75) is 11.9 Å². The summed E-state index contributed by atoms with van der Waals surface area (Å²) < 4.78 is 41.4. The van der Waals surface area contributed by atoms with Gasteiger partial charge in [-0.25, -0.2) is 14.2 Å². The SMILES string of the molecule is Cc1nc(S(=O)(=O)Nc2c(F)cccc2C(=O)O)cn1C. The van der Waals surface area contributed by atoms with Crippen molar-refractivity contribution in [3.8, 4) is 0 Å². The fourth-order valence-corrected chi connectivity index (χ4v) is 2.78. The van der Waals surface area contributed by atoms with E-state index in [1.807, 2.05) is 4.72 Å². The highest BCUT2D eigenvalue weighted by molar-refractivity contribution is 7.92. The number of hydrogen-bond donors (Lipinski definition) is 2. The molecular formula is C12H12FN3O4S. The lowest BCUT2D eigenvalue weighted by atomic mass is 10.2. The number of nitrogens with zero attached hydrogens (tertiary/aromatic N) is 2. The maximum Gasteiger partial charge on any atom is 0.337 e. The predicted molar refractivity (Wildman–Crippen MR) is 72.1 cm³/mol. The van der Waals surface area contributed by atoms with Gasteiger partial charge < -0.3 is 9.67 Å². The number of nitrogens with one attached hydrogen (secondary N) is 1. The Morgan fingerprint density at radius 3 is 2.62 bits per heavy atom. The molecule has 0 amide bonds. The van der Waals surface area contributed by atoms with Gasteiger partial charge in [-0.1, -0.05) is 6.07 Å². The Morgan fingerprint density at radius 2 is 2.10 bits per heavy atom. The molecule has 0 aliphatic carbocycles. The molecule has 112 valence electrons. The van der Waals surface area contributed by atoms with Crippen LogP contribution in [0.4, 0.5) is 10.1 Å². The molecule has 0 bridgehead atoms. The van der Waals surface area contributed by atoms with Gasteiger partial charge in [0.1, 0.15) is 11.6 Å². The van der Waals surface area contributed by atoms with Gasteiger partial charge in [0.15, 0.2) is 5.03 Å². The molecule has 0 radical (unpaired) electrons. The molecule has 0 saturated heterocycles. The Kier molecular flexibility index (Phi) is 3.69. The number of halogens is 1. The molecule has 2 aromatic rings. The Labute approximate surface area is 120 Å². The molecule has 1 aromatic heterocycles. The van der Waals surface area contributed by atoms with E-state index in [0.717, 1.165) is 12.1 Å². The third kappa shape index (κ3) is 2.87. The molecule has 0 saturated carbocycles. The van der Waals surface area contributed by atoms with Crippen molar-refractivity contribution in [3.63, 3.8) is 0 Å². The van der Waals surface area contributed by atoms with Crippen LogP contribution in [0.3, 0.4) is 0 Å². The molecular weight excluding hydrogens is 301 g/mol. The van der Waals surface area contributed by atoms with Crippen molar-refractivity contribution in [1.82, 2.24) is 9.55 Å². The summed E-state index contributed by atoms with van der Waals surface area (Å²) in [6, 6.07) is 3.25. The zero-order chi connectivity index (χ0) is 15.8. The Hall–Kier alpha value is -2.42. The van der Waals surface area contributed by atoms with Crippen molar-refractivity contribution in [3.05, 3.63) is 41.6 Å². The number of para-hydroxylation sites is 1. The minimum atomic E-state index is -4.18. The highest BCUT2D eigenvalue weighted by atomic mass is 32.2. The summed E-state index contributed by atoms with van der Waals surface area (Å²) in [4.78, 5) is 14.9. The highest BCUT2D eigenvalue weighted by Crippen LogP contribution is 2.23. The number of aromatic nitrogens is 2. The number of benzene rings is 1. The van der Waals surface area contributed by atoms with Crippen molar-refractivity contribution in [2.75, 3.05) is 4.72 Å². The van der Waals surface area contributed by atoms with E-state index in [9.17, 15) is 17.6 Å². The Balaban J connectivity index is 2.49. The first-order valence-corrected chi connectivity index (χ1v) is 7.25. The quantitative estimate of drug-likeness (QED) is 0.887.